The maximum absolute atomic E-state index is 6.99. The van der Waals surface area contributed by atoms with E-state index in [4.69, 9.17) is 23.9 Å². The number of hydrogen-bond acceptors (Lipinski definition) is 9. The summed E-state index contributed by atoms with van der Waals surface area (Å²) in [6.07, 6.45) is 3.70. The summed E-state index contributed by atoms with van der Waals surface area (Å²) in [5.41, 5.74) is 24.9. The lowest BCUT2D eigenvalue weighted by molar-refractivity contribution is 0.487. The summed E-state index contributed by atoms with van der Waals surface area (Å²) in [5.74, 6) is 4.93. The Morgan fingerprint density at radius 3 is 1.12 bits per heavy atom. The van der Waals surface area contributed by atoms with Crippen LogP contribution in [0.5, 0.6) is 23.0 Å². The van der Waals surface area contributed by atoms with E-state index in [-0.39, 0.29) is 0 Å². The molecule has 0 radical (unpaired) electrons. The molecule has 22 aromatic rings. The lowest BCUT2D eigenvalue weighted by Crippen LogP contribution is -2.14. The van der Waals surface area contributed by atoms with Crippen molar-refractivity contribution in [3.05, 3.63) is 436 Å². The molecule has 0 saturated heterocycles. The Morgan fingerprint density at radius 1 is 0.226 bits per heavy atom. The van der Waals surface area contributed by atoms with Gasteiger partial charge in [0.15, 0.2) is 5.58 Å². The number of rotatable bonds is 14. The van der Waals surface area contributed by atoms with Crippen LogP contribution in [0.2, 0.25) is 0 Å². The van der Waals surface area contributed by atoms with Gasteiger partial charge in [0.25, 0.3) is 0 Å². The Labute approximate surface area is 717 Å². The minimum absolute atomic E-state index is 0.796. The Balaban J connectivity index is 0.000000144. The molecule has 5 heterocycles. The first-order chi connectivity index (χ1) is 61.3. The molecule has 2 aliphatic rings. The lowest BCUT2D eigenvalue weighted by atomic mass is 9.88. The minimum atomic E-state index is 0.796. The minimum Gasteiger partial charge on any atom is -0.456 e. The van der Waals surface area contributed by atoms with E-state index in [1.54, 1.807) is 0 Å². The number of fused-ring (bicyclic) bond motifs is 15. The first-order valence-corrected chi connectivity index (χ1v) is 42.2. The van der Waals surface area contributed by atoms with Gasteiger partial charge in [0, 0.05) is 90.5 Å². The number of furan rings is 1. The summed E-state index contributed by atoms with van der Waals surface area (Å²) in [5, 5.41) is 16.1. The first-order valence-electron chi connectivity index (χ1n) is 42.2. The molecular formula is C115H78N6O3. The maximum Gasteiger partial charge on any atom is 0.159 e. The van der Waals surface area contributed by atoms with Crippen LogP contribution in [-0.4, -0.2) is 9.97 Å². The molecule has 0 spiro atoms. The van der Waals surface area contributed by atoms with Gasteiger partial charge in [0.2, 0.25) is 0 Å². The predicted molar refractivity (Wildman–Crippen MR) is 516 cm³/mol. The number of pyridine rings is 2. The Kier molecular flexibility index (Phi) is 17.7. The molecule has 2 aliphatic heterocycles. The molecule has 19 aromatic carbocycles. The molecule has 0 fully saturated rings. The fourth-order valence-electron chi connectivity index (χ4n) is 19.3. The van der Waals surface area contributed by atoms with Crippen LogP contribution >= 0.6 is 0 Å². The third-order valence-electron chi connectivity index (χ3n) is 24.6. The molecule has 0 amide bonds. The van der Waals surface area contributed by atoms with Crippen molar-refractivity contribution >= 4 is 155 Å². The van der Waals surface area contributed by atoms with Crippen LogP contribution < -0.4 is 29.1 Å². The summed E-state index contributed by atoms with van der Waals surface area (Å²) >= 11 is 0. The molecule has 0 bridgehead atoms. The number of hydrogen-bond donors (Lipinski definition) is 0. The van der Waals surface area contributed by atoms with Crippen LogP contribution in [0.25, 0.3) is 131 Å². The first kappa shape index (κ1) is 72.8. The third-order valence-corrected chi connectivity index (χ3v) is 24.6. The second kappa shape index (κ2) is 30.2. The quantitative estimate of drug-likeness (QED) is 0.0990. The van der Waals surface area contributed by atoms with E-state index in [9.17, 15) is 0 Å². The molecule has 586 valence electrons. The van der Waals surface area contributed by atoms with E-state index < -0.39 is 0 Å². The van der Waals surface area contributed by atoms with Crippen molar-refractivity contribution in [1.82, 2.24) is 9.97 Å². The van der Waals surface area contributed by atoms with Gasteiger partial charge in [-0.15, -0.1) is 0 Å². The smallest absolute Gasteiger partial charge is 0.159 e. The van der Waals surface area contributed by atoms with Crippen molar-refractivity contribution in [2.24, 2.45) is 0 Å². The van der Waals surface area contributed by atoms with Gasteiger partial charge < -0.3 is 23.7 Å². The monoisotopic (exact) mass is 1590 g/mol. The van der Waals surface area contributed by atoms with Gasteiger partial charge in [-0.1, -0.05) is 266 Å². The van der Waals surface area contributed by atoms with E-state index in [1.807, 2.05) is 48.8 Å². The highest BCUT2D eigenvalue weighted by molar-refractivity contribution is 6.28. The van der Waals surface area contributed by atoms with E-state index in [0.29, 0.717) is 0 Å². The van der Waals surface area contributed by atoms with Crippen molar-refractivity contribution < 1.29 is 13.9 Å². The number of para-hydroxylation sites is 6. The van der Waals surface area contributed by atoms with Crippen molar-refractivity contribution in [2.75, 3.05) is 19.6 Å². The van der Waals surface area contributed by atoms with Crippen LogP contribution in [0.3, 0.4) is 0 Å². The van der Waals surface area contributed by atoms with Crippen LogP contribution in [0, 0.1) is 20.8 Å². The van der Waals surface area contributed by atoms with E-state index in [1.165, 1.54) is 60.1 Å². The van der Waals surface area contributed by atoms with Gasteiger partial charge >= 0.3 is 0 Å². The van der Waals surface area contributed by atoms with Crippen LogP contribution in [-0.2, 0) is 0 Å². The van der Waals surface area contributed by atoms with Gasteiger partial charge in [-0.3, -0.25) is 9.80 Å². The molecule has 0 saturated carbocycles. The molecule has 0 unspecified atom stereocenters. The Hall–Kier alpha value is -16.4. The summed E-state index contributed by atoms with van der Waals surface area (Å²) in [4.78, 5) is 19.0. The van der Waals surface area contributed by atoms with Gasteiger partial charge in [-0.2, -0.15) is 0 Å². The highest BCUT2D eigenvalue weighted by atomic mass is 16.5. The molecule has 124 heavy (non-hydrogen) atoms. The molecule has 24 rings (SSSR count). The van der Waals surface area contributed by atoms with Crippen molar-refractivity contribution in [3.8, 4) is 67.5 Å². The van der Waals surface area contributed by atoms with Gasteiger partial charge in [-0.05, 0) is 231 Å². The molecule has 3 aromatic heterocycles. The zero-order valence-electron chi connectivity index (χ0n) is 68.2. The highest BCUT2D eigenvalue weighted by Gasteiger charge is 2.32. The number of anilines is 12. The zero-order chi connectivity index (χ0) is 82.5. The largest absolute Gasteiger partial charge is 0.456 e. The zero-order valence-corrected chi connectivity index (χ0v) is 68.2. The SMILES string of the molecule is Cc1cc(C)c(N(c2ccccc2)c2cc3c4cccc5c4c(cc3c3ccccc23)-c2ccc(N(c3ccccn3)c3ccccc3-c3ccccc3)cc2O5)c(C)c1.c1ccc(-c2ccccc2N(c2ccc3c(c2)Oc2cccc4c2c-3cc2c3ccccc3c(N(c3ccccc3)c3cccc5c3oc3ccccc35)cc42)c2ccccn2)cc1. The second-order valence-electron chi connectivity index (χ2n) is 32.0. The van der Waals surface area contributed by atoms with E-state index in [0.717, 1.165) is 179 Å². The van der Waals surface area contributed by atoms with Gasteiger partial charge in [0.05, 0.1) is 45.5 Å². The van der Waals surface area contributed by atoms with E-state index >= 15 is 0 Å². The second-order valence-corrected chi connectivity index (χ2v) is 32.0. The van der Waals surface area contributed by atoms with Crippen molar-refractivity contribution in [2.45, 2.75) is 20.8 Å². The Bertz CT molecular complexity index is 7960. The lowest BCUT2D eigenvalue weighted by Gasteiger charge is -2.31. The number of ether oxygens (including phenoxy) is 2. The van der Waals surface area contributed by atoms with Gasteiger partial charge in [-0.25, -0.2) is 9.97 Å². The molecule has 0 aliphatic carbocycles. The molecule has 0 atom stereocenters. The van der Waals surface area contributed by atoms with Crippen LogP contribution in [0.4, 0.5) is 68.5 Å². The topological polar surface area (TPSA) is 70.3 Å². The molecule has 9 nitrogen and oxygen atoms in total. The summed E-state index contributed by atoms with van der Waals surface area (Å²) < 4.78 is 20.7. The molecule has 0 N–H and O–H groups in total. The predicted octanol–water partition coefficient (Wildman–Crippen LogP) is 32.7. The van der Waals surface area contributed by atoms with Crippen molar-refractivity contribution in [1.29, 1.82) is 0 Å². The summed E-state index contributed by atoms with van der Waals surface area (Å²) in [6, 6.07) is 144. The Morgan fingerprint density at radius 2 is 0.621 bits per heavy atom. The number of aromatic nitrogens is 2. The average Bonchev–Trinajstić information content (AvgIpc) is 0.910. The van der Waals surface area contributed by atoms with Crippen molar-refractivity contribution in [3.63, 3.8) is 0 Å². The standard InChI is InChI=1S/C59H37N3O2.C56H41N3O/c1-3-17-38(18-4-1)41-21-9-11-27-51(41)62(57-31-13-14-34-60-57)40-32-33-45-50-36-48-42-22-7-8-23-43(42)53(37-49(48)46-25-16-30-55(58(46)50)63-56(45)35-40)61(39-19-5-2-6-20-39)52-28-15-26-47-44-24-10-12-29-54(44)64-59(47)52;1-36-31-37(2)56(38(3)32-36)59(40-19-8-5-9-20-40)51-35-48-46-24-16-26-52-55(46)49(34-47(48)43-22-10-11-23-44(43)51)45-29-28-41(33-53(45)60-52)58(54-27-14-15-30-57-54)50-25-13-12-21-42(50)39-17-6-4-7-18-39/h1-37H;4-35H,1-3H3. The fraction of sp³-hybridized carbons (Fsp3) is 0.0261. The average molecular weight is 1590 g/mol. The maximum atomic E-state index is 6.99. The number of benzene rings is 19. The molecular weight excluding hydrogens is 1510 g/mol. The van der Waals surface area contributed by atoms with Gasteiger partial charge in [0.1, 0.15) is 40.2 Å². The summed E-state index contributed by atoms with van der Waals surface area (Å²) in [7, 11) is 0. The number of aryl methyl sites for hydroxylation is 3. The van der Waals surface area contributed by atoms with Crippen LogP contribution in [0.1, 0.15) is 16.7 Å². The molecule has 9 heteroatoms. The van der Waals surface area contributed by atoms with Crippen LogP contribution in [0.15, 0.2) is 423 Å². The fourth-order valence-corrected chi connectivity index (χ4v) is 19.3. The highest BCUT2D eigenvalue weighted by Crippen LogP contribution is 2.57. The normalized spacial score (nSPS) is 11.8. The number of nitrogens with zero attached hydrogens (tertiary/aromatic N) is 6. The van der Waals surface area contributed by atoms with E-state index in [2.05, 4.69) is 410 Å². The third kappa shape index (κ3) is 12.3. The summed E-state index contributed by atoms with van der Waals surface area (Å²) in [6.45, 7) is 6.63.